The average Bonchev–Trinajstić information content (AvgIpc) is 2.60. The van der Waals surface area contributed by atoms with Gasteiger partial charge in [0.1, 0.15) is 5.56 Å². The summed E-state index contributed by atoms with van der Waals surface area (Å²) >= 11 is 0. The van der Waals surface area contributed by atoms with Crippen LogP contribution in [0, 0.1) is 10.1 Å². The number of amides is 1. The highest BCUT2D eigenvalue weighted by Crippen LogP contribution is 2.26. The third-order valence-corrected chi connectivity index (χ3v) is 3.68. The predicted octanol–water partition coefficient (Wildman–Crippen LogP) is 2.12. The molecular weight excluding hydrogens is 326 g/mol. The van der Waals surface area contributed by atoms with Crippen LogP contribution in [0.15, 0.2) is 42.5 Å². The van der Waals surface area contributed by atoms with Crippen molar-refractivity contribution in [2.45, 2.75) is 6.54 Å². The molecule has 0 bridgehead atoms. The van der Waals surface area contributed by atoms with Crippen molar-refractivity contribution in [1.29, 1.82) is 0 Å². The van der Waals surface area contributed by atoms with Crippen molar-refractivity contribution in [2.24, 2.45) is 5.73 Å². The fourth-order valence-electron chi connectivity index (χ4n) is 2.33. The summed E-state index contributed by atoms with van der Waals surface area (Å²) in [6.45, 7) is 0.470. The maximum Gasteiger partial charge on any atom is 0.344 e. The van der Waals surface area contributed by atoms with Crippen molar-refractivity contribution >= 4 is 23.3 Å². The Kier molecular flexibility index (Phi) is 5.33. The number of nitro groups is 1. The normalized spacial score (nSPS) is 10.2. The zero-order chi connectivity index (χ0) is 18.6. The van der Waals surface area contributed by atoms with Gasteiger partial charge in [-0.15, -0.1) is 0 Å². The van der Waals surface area contributed by atoms with Crippen molar-refractivity contribution in [2.75, 3.05) is 19.1 Å². The van der Waals surface area contributed by atoms with Gasteiger partial charge < -0.3 is 15.4 Å². The summed E-state index contributed by atoms with van der Waals surface area (Å²) in [5, 5.41) is 11.0. The molecule has 0 aromatic heterocycles. The predicted molar refractivity (Wildman–Crippen MR) is 91.5 cm³/mol. The third kappa shape index (κ3) is 4.11. The summed E-state index contributed by atoms with van der Waals surface area (Å²) in [5.41, 5.74) is 6.72. The molecular formula is C17H17N3O5. The lowest BCUT2D eigenvalue weighted by molar-refractivity contribution is -0.385. The number of primary amides is 1. The van der Waals surface area contributed by atoms with E-state index < -0.39 is 16.8 Å². The molecule has 8 nitrogen and oxygen atoms in total. The van der Waals surface area contributed by atoms with Crippen molar-refractivity contribution in [3.05, 3.63) is 69.3 Å². The summed E-state index contributed by atoms with van der Waals surface area (Å²) in [6.07, 6.45) is 0. The number of nitrogens with two attached hydrogens (primary N) is 1. The number of nitro benzene ring substituents is 1. The van der Waals surface area contributed by atoms with Crippen LogP contribution < -0.4 is 10.6 Å². The third-order valence-electron chi connectivity index (χ3n) is 3.68. The first-order valence-electron chi connectivity index (χ1n) is 7.30. The number of benzene rings is 2. The molecule has 8 heteroatoms. The van der Waals surface area contributed by atoms with E-state index in [0.29, 0.717) is 17.8 Å². The lowest BCUT2D eigenvalue weighted by atomic mass is 10.1. The Bertz CT molecular complexity index is 818. The van der Waals surface area contributed by atoms with E-state index in [-0.39, 0.29) is 11.3 Å². The number of esters is 1. The maximum absolute atomic E-state index is 11.8. The molecule has 2 rings (SSSR count). The number of anilines is 1. The lowest BCUT2D eigenvalue weighted by Crippen LogP contribution is -2.18. The topological polar surface area (TPSA) is 116 Å². The van der Waals surface area contributed by atoms with Gasteiger partial charge in [-0.3, -0.25) is 14.9 Å². The first-order chi connectivity index (χ1) is 11.8. The first-order valence-corrected chi connectivity index (χ1v) is 7.30. The molecule has 2 aromatic rings. The van der Waals surface area contributed by atoms with Crippen LogP contribution in [0.3, 0.4) is 0 Å². The van der Waals surface area contributed by atoms with Gasteiger partial charge in [-0.05, 0) is 29.8 Å². The van der Waals surface area contributed by atoms with Gasteiger partial charge >= 0.3 is 5.97 Å². The SMILES string of the molecule is COC(=O)c1cc(N(C)Cc2ccc(C(N)=O)cc2)ccc1[N+](=O)[O-]. The molecule has 0 fully saturated rings. The second-order valence-electron chi connectivity index (χ2n) is 5.37. The molecule has 0 aliphatic rings. The summed E-state index contributed by atoms with van der Waals surface area (Å²) in [5.74, 6) is -1.27. The number of nitrogens with zero attached hydrogens (tertiary/aromatic N) is 2. The molecule has 25 heavy (non-hydrogen) atoms. The van der Waals surface area contributed by atoms with Crippen molar-refractivity contribution in [3.8, 4) is 0 Å². The van der Waals surface area contributed by atoms with Crippen LogP contribution in [0.2, 0.25) is 0 Å². The molecule has 130 valence electrons. The summed E-state index contributed by atoms with van der Waals surface area (Å²) in [7, 11) is 2.95. The molecule has 0 unspecified atom stereocenters. The molecule has 0 saturated carbocycles. The van der Waals surface area contributed by atoms with Gasteiger partial charge in [-0.25, -0.2) is 4.79 Å². The van der Waals surface area contributed by atoms with E-state index in [1.165, 1.54) is 19.2 Å². The molecule has 0 radical (unpaired) electrons. The highest BCUT2D eigenvalue weighted by Gasteiger charge is 2.22. The fourth-order valence-corrected chi connectivity index (χ4v) is 2.33. The minimum absolute atomic E-state index is 0.110. The number of hydrogen-bond donors (Lipinski definition) is 1. The van der Waals surface area contributed by atoms with Gasteiger partial charge in [0.25, 0.3) is 5.69 Å². The van der Waals surface area contributed by atoms with E-state index >= 15 is 0 Å². The summed E-state index contributed by atoms with van der Waals surface area (Å²) in [6, 6.07) is 11.0. The van der Waals surface area contributed by atoms with Gasteiger partial charge in [-0.2, -0.15) is 0 Å². The molecule has 1 amide bonds. The van der Waals surface area contributed by atoms with Gasteiger partial charge in [-0.1, -0.05) is 12.1 Å². The quantitative estimate of drug-likeness (QED) is 0.488. The Balaban J connectivity index is 2.26. The fraction of sp³-hybridized carbons (Fsp3) is 0.176. The van der Waals surface area contributed by atoms with E-state index in [1.807, 2.05) is 4.90 Å². The Morgan fingerprint density at radius 2 is 1.84 bits per heavy atom. The standard InChI is InChI=1S/C17H17N3O5/c1-19(10-11-3-5-12(6-4-11)16(18)21)13-7-8-15(20(23)24)14(9-13)17(22)25-2/h3-9H,10H2,1-2H3,(H2,18,21). The molecule has 0 aliphatic carbocycles. The Hall–Kier alpha value is -3.42. The van der Waals surface area contributed by atoms with Crippen molar-refractivity contribution in [3.63, 3.8) is 0 Å². The van der Waals surface area contributed by atoms with Gasteiger partial charge in [0.2, 0.25) is 5.91 Å². The van der Waals surface area contributed by atoms with Crippen LogP contribution in [0.5, 0.6) is 0 Å². The highest BCUT2D eigenvalue weighted by molar-refractivity contribution is 5.95. The zero-order valence-electron chi connectivity index (χ0n) is 13.8. The van der Waals surface area contributed by atoms with E-state index in [1.54, 1.807) is 37.4 Å². The van der Waals surface area contributed by atoms with Gasteiger partial charge in [0.05, 0.1) is 12.0 Å². The highest BCUT2D eigenvalue weighted by atomic mass is 16.6. The second-order valence-corrected chi connectivity index (χ2v) is 5.37. The number of hydrogen-bond acceptors (Lipinski definition) is 6. The molecule has 0 saturated heterocycles. The van der Waals surface area contributed by atoms with Crippen LogP contribution >= 0.6 is 0 Å². The van der Waals surface area contributed by atoms with Crippen molar-refractivity contribution in [1.82, 2.24) is 0 Å². The number of carbonyl (C=O) groups is 2. The van der Waals surface area contributed by atoms with E-state index in [9.17, 15) is 19.7 Å². The monoisotopic (exact) mass is 343 g/mol. The maximum atomic E-state index is 11.8. The Labute approximate surface area is 144 Å². The van der Waals surface area contributed by atoms with Gasteiger partial charge in [0, 0.05) is 30.9 Å². The molecule has 0 atom stereocenters. The molecule has 2 aromatic carbocycles. The molecule has 0 spiro atoms. The zero-order valence-corrected chi connectivity index (χ0v) is 13.8. The number of carbonyl (C=O) groups excluding carboxylic acids is 2. The van der Waals surface area contributed by atoms with E-state index in [0.717, 1.165) is 5.56 Å². The minimum atomic E-state index is -0.771. The molecule has 2 N–H and O–H groups in total. The lowest BCUT2D eigenvalue weighted by Gasteiger charge is -2.20. The second kappa shape index (κ2) is 7.43. The van der Waals surface area contributed by atoms with Crippen LogP contribution in [0.1, 0.15) is 26.3 Å². The van der Waals surface area contributed by atoms with Crippen molar-refractivity contribution < 1.29 is 19.2 Å². The van der Waals surface area contributed by atoms with Gasteiger partial charge in [0.15, 0.2) is 0 Å². The summed E-state index contributed by atoms with van der Waals surface area (Å²) in [4.78, 5) is 35.1. The number of rotatable bonds is 6. The first kappa shape index (κ1) is 17.9. The van der Waals surface area contributed by atoms with Crippen LogP contribution in [-0.2, 0) is 11.3 Å². The smallest absolute Gasteiger partial charge is 0.344 e. The van der Waals surface area contributed by atoms with Crippen LogP contribution in [-0.4, -0.2) is 31.0 Å². The molecule has 0 aliphatic heterocycles. The number of ether oxygens (including phenoxy) is 1. The van der Waals surface area contributed by atoms with E-state index in [4.69, 9.17) is 5.73 Å². The Morgan fingerprint density at radius 1 is 1.20 bits per heavy atom. The van der Waals surface area contributed by atoms with Crippen LogP contribution in [0.25, 0.3) is 0 Å². The van der Waals surface area contributed by atoms with Crippen LogP contribution in [0.4, 0.5) is 11.4 Å². The van der Waals surface area contributed by atoms with E-state index in [2.05, 4.69) is 4.74 Å². The largest absolute Gasteiger partial charge is 0.465 e. The number of methoxy groups -OCH3 is 1. The minimum Gasteiger partial charge on any atom is -0.465 e. The Morgan fingerprint density at radius 3 is 2.36 bits per heavy atom. The average molecular weight is 343 g/mol. The molecule has 0 heterocycles. The summed E-state index contributed by atoms with van der Waals surface area (Å²) < 4.78 is 4.61.